The maximum Gasteiger partial charge on any atom is 0.404 e. The van der Waals surface area contributed by atoms with Crippen molar-refractivity contribution in [3.8, 4) is 22.6 Å². The Morgan fingerprint density at radius 2 is 1.78 bits per heavy atom. The summed E-state index contributed by atoms with van der Waals surface area (Å²) >= 11 is 2.22. The molecule has 1 amide bonds. The van der Waals surface area contributed by atoms with Gasteiger partial charge in [-0.05, 0) is 84.8 Å². The standard InChI is InChI=1S/C33H32INO10/c1-16-24(42-31-26(38)28(44-32(35)40)29(41-4)33(2,3)45-31)13-12-21-25(37)22(30(39)43-27(16)21)15-23(36)19-7-5-6-18(14-19)17-8-10-20(34)11-9-17/h5-14,26,28-29,31,37-38H,15H2,1-4H3,(H2,35,40)/t26-,28+,29-,31-/m1/s1. The molecule has 12 heteroatoms. The third-order valence-corrected chi connectivity index (χ3v) is 8.53. The molecule has 1 aromatic heterocycles. The highest BCUT2D eigenvalue weighted by Gasteiger charge is 2.53. The fourth-order valence-corrected chi connectivity index (χ4v) is 5.89. The number of rotatable bonds is 8. The molecule has 5 rings (SSSR count). The van der Waals surface area contributed by atoms with Gasteiger partial charge >= 0.3 is 11.7 Å². The maximum absolute atomic E-state index is 13.3. The van der Waals surface area contributed by atoms with Crippen molar-refractivity contribution in [3.63, 3.8) is 0 Å². The molecule has 1 fully saturated rings. The number of hydrogen-bond acceptors (Lipinski definition) is 10. The lowest BCUT2D eigenvalue weighted by atomic mass is 9.89. The van der Waals surface area contributed by atoms with Crippen LogP contribution in [0, 0.1) is 10.5 Å². The van der Waals surface area contributed by atoms with E-state index in [0.29, 0.717) is 11.1 Å². The van der Waals surface area contributed by atoms with Crippen molar-refractivity contribution < 1.29 is 43.2 Å². The first kappa shape index (κ1) is 32.4. The van der Waals surface area contributed by atoms with Gasteiger partial charge in [-0.25, -0.2) is 9.59 Å². The van der Waals surface area contributed by atoms with Crippen LogP contribution in [0.4, 0.5) is 4.79 Å². The normalized spacial score (nSPS) is 20.9. The van der Waals surface area contributed by atoms with Crippen LogP contribution in [-0.4, -0.2) is 59.4 Å². The smallest absolute Gasteiger partial charge is 0.404 e. The summed E-state index contributed by atoms with van der Waals surface area (Å²) in [7, 11) is 1.38. The first-order valence-electron chi connectivity index (χ1n) is 14.0. The van der Waals surface area contributed by atoms with Gasteiger partial charge < -0.3 is 39.3 Å². The minimum atomic E-state index is -1.50. The number of nitrogens with two attached hydrogens (primary N) is 1. The largest absolute Gasteiger partial charge is 0.507 e. The summed E-state index contributed by atoms with van der Waals surface area (Å²) < 4.78 is 29.2. The van der Waals surface area contributed by atoms with Gasteiger partial charge in [-0.1, -0.05) is 30.3 Å². The number of Topliss-reactive ketones (excluding diaryl/α,β-unsaturated/α-hetero) is 1. The van der Waals surface area contributed by atoms with Crippen LogP contribution in [0.1, 0.15) is 35.3 Å². The Kier molecular flexibility index (Phi) is 9.21. The molecule has 45 heavy (non-hydrogen) atoms. The molecule has 1 aliphatic rings. The van der Waals surface area contributed by atoms with Crippen LogP contribution in [-0.2, 0) is 20.6 Å². The number of primary amides is 1. The number of hydrogen-bond donors (Lipinski definition) is 3. The fourth-order valence-electron chi connectivity index (χ4n) is 5.53. The van der Waals surface area contributed by atoms with E-state index in [-0.39, 0.29) is 40.2 Å². The number of fused-ring (bicyclic) bond motifs is 1. The molecule has 236 valence electrons. The number of aliphatic hydroxyl groups excluding tert-OH is 1. The molecule has 0 spiro atoms. The monoisotopic (exact) mass is 729 g/mol. The van der Waals surface area contributed by atoms with Gasteiger partial charge in [-0.3, -0.25) is 4.79 Å². The molecule has 1 aliphatic heterocycles. The number of aryl methyl sites for hydroxylation is 1. The van der Waals surface area contributed by atoms with Crippen LogP contribution in [0.3, 0.4) is 0 Å². The van der Waals surface area contributed by atoms with E-state index < -0.39 is 41.9 Å². The minimum Gasteiger partial charge on any atom is -0.507 e. The maximum atomic E-state index is 13.3. The van der Waals surface area contributed by atoms with Gasteiger partial charge in [0.2, 0.25) is 6.29 Å². The predicted molar refractivity (Wildman–Crippen MR) is 172 cm³/mol. The summed E-state index contributed by atoms with van der Waals surface area (Å²) in [6, 6.07) is 17.9. The topological polar surface area (TPSA) is 168 Å². The SMILES string of the molecule is CO[C@@H]1[C@@H](OC(N)=O)[C@@H](O)[C@H](Oc2ccc3c(O)c(CC(=O)c4cccc(-c5ccc(I)cc5)c4)c(=O)oc3c2C)OC1(C)C. The van der Waals surface area contributed by atoms with Gasteiger partial charge in [0.25, 0.3) is 0 Å². The average Bonchev–Trinajstić information content (AvgIpc) is 2.99. The predicted octanol–water partition coefficient (Wildman–Crippen LogP) is 4.86. The molecule has 3 aromatic carbocycles. The number of carbonyl (C=O) groups excluding carboxylic acids is 2. The Morgan fingerprint density at radius 3 is 2.44 bits per heavy atom. The second-order valence-corrected chi connectivity index (χ2v) is 12.5. The van der Waals surface area contributed by atoms with Crippen molar-refractivity contribution in [2.75, 3.05) is 7.11 Å². The molecule has 1 saturated heterocycles. The van der Waals surface area contributed by atoms with E-state index in [1.807, 2.05) is 30.3 Å². The van der Waals surface area contributed by atoms with E-state index in [1.165, 1.54) is 19.2 Å². The molecule has 2 heterocycles. The second kappa shape index (κ2) is 12.8. The van der Waals surface area contributed by atoms with Crippen molar-refractivity contribution >= 4 is 45.4 Å². The lowest BCUT2D eigenvalue weighted by Crippen LogP contribution is -2.65. The van der Waals surface area contributed by atoms with Crippen molar-refractivity contribution in [1.29, 1.82) is 0 Å². The minimum absolute atomic E-state index is 0.0242. The van der Waals surface area contributed by atoms with Crippen LogP contribution in [0.2, 0.25) is 0 Å². The molecule has 4 aromatic rings. The van der Waals surface area contributed by atoms with Crippen LogP contribution in [0.5, 0.6) is 11.5 Å². The Morgan fingerprint density at radius 1 is 1.07 bits per heavy atom. The van der Waals surface area contributed by atoms with Crippen LogP contribution < -0.4 is 16.1 Å². The zero-order valence-electron chi connectivity index (χ0n) is 24.9. The van der Waals surface area contributed by atoms with E-state index in [0.717, 1.165) is 14.7 Å². The quantitative estimate of drug-likeness (QED) is 0.130. The number of benzene rings is 3. The fraction of sp³-hybridized carbons (Fsp3) is 0.303. The van der Waals surface area contributed by atoms with Crippen molar-refractivity contribution in [2.24, 2.45) is 5.73 Å². The molecule has 4 atom stereocenters. The number of amides is 1. The van der Waals surface area contributed by atoms with E-state index in [4.69, 9.17) is 29.1 Å². The third-order valence-electron chi connectivity index (χ3n) is 7.81. The van der Waals surface area contributed by atoms with Gasteiger partial charge in [0.1, 0.15) is 23.2 Å². The van der Waals surface area contributed by atoms with Gasteiger partial charge in [0, 0.05) is 28.2 Å². The first-order chi connectivity index (χ1) is 21.3. The molecule has 0 saturated carbocycles. The van der Waals surface area contributed by atoms with Crippen LogP contribution in [0.15, 0.2) is 69.9 Å². The average molecular weight is 730 g/mol. The number of aliphatic hydroxyl groups is 1. The van der Waals surface area contributed by atoms with Crippen molar-refractivity contribution in [2.45, 2.75) is 57.4 Å². The first-order valence-corrected chi connectivity index (χ1v) is 15.1. The molecule has 0 unspecified atom stereocenters. The summed E-state index contributed by atoms with van der Waals surface area (Å²) in [5.74, 6) is -0.588. The number of halogens is 1. The molecule has 4 N–H and O–H groups in total. The summed E-state index contributed by atoms with van der Waals surface area (Å²) in [5.41, 5.74) is 5.60. The van der Waals surface area contributed by atoms with Crippen LogP contribution in [0.25, 0.3) is 22.1 Å². The van der Waals surface area contributed by atoms with E-state index >= 15 is 0 Å². The molecule has 0 bridgehead atoms. The summed E-state index contributed by atoms with van der Waals surface area (Å²) in [4.78, 5) is 37.9. The highest BCUT2D eigenvalue weighted by molar-refractivity contribution is 14.1. The molecule has 0 aliphatic carbocycles. The van der Waals surface area contributed by atoms with Gasteiger partial charge in [0.15, 0.2) is 18.0 Å². The van der Waals surface area contributed by atoms with E-state index in [2.05, 4.69) is 22.6 Å². The van der Waals surface area contributed by atoms with Crippen molar-refractivity contribution in [3.05, 3.63) is 91.3 Å². The zero-order chi connectivity index (χ0) is 32.6. The number of methoxy groups -OCH3 is 1. The highest BCUT2D eigenvalue weighted by atomic mass is 127. The Bertz CT molecular complexity index is 1820. The Balaban J connectivity index is 1.42. The number of ketones is 1. The van der Waals surface area contributed by atoms with Gasteiger partial charge in [0.05, 0.1) is 16.6 Å². The molecular weight excluding hydrogens is 697 g/mol. The van der Waals surface area contributed by atoms with Gasteiger partial charge in [-0.15, -0.1) is 0 Å². The number of carbonyl (C=O) groups is 2. The van der Waals surface area contributed by atoms with E-state index in [9.17, 15) is 24.6 Å². The number of aromatic hydroxyl groups is 1. The van der Waals surface area contributed by atoms with Crippen LogP contribution >= 0.6 is 22.6 Å². The molecular formula is C33H32INO10. The Labute approximate surface area is 272 Å². The molecule has 11 nitrogen and oxygen atoms in total. The van der Waals surface area contributed by atoms with E-state index in [1.54, 1.807) is 39.0 Å². The lowest BCUT2D eigenvalue weighted by Gasteiger charge is -2.47. The highest BCUT2D eigenvalue weighted by Crippen LogP contribution is 2.38. The summed E-state index contributed by atoms with van der Waals surface area (Å²) in [5, 5.41) is 22.3. The zero-order valence-corrected chi connectivity index (χ0v) is 27.1. The third kappa shape index (κ3) is 6.54. The molecule has 0 radical (unpaired) electrons. The second-order valence-electron chi connectivity index (χ2n) is 11.2. The summed E-state index contributed by atoms with van der Waals surface area (Å²) in [6.07, 6.45) is -6.39. The lowest BCUT2D eigenvalue weighted by molar-refractivity contribution is -0.304. The van der Waals surface area contributed by atoms with Crippen molar-refractivity contribution in [1.82, 2.24) is 0 Å². The van der Waals surface area contributed by atoms with Gasteiger partial charge in [-0.2, -0.15) is 0 Å². The Hall–Kier alpha value is -3.98. The summed E-state index contributed by atoms with van der Waals surface area (Å²) in [6.45, 7) is 4.94. The number of ether oxygens (including phenoxy) is 4.